The quantitative estimate of drug-likeness (QED) is 0.493. The van der Waals surface area contributed by atoms with E-state index in [1.165, 1.54) is 0 Å². The Hall–Kier alpha value is -1.05. The Balaban J connectivity index is 0.00000112. The zero-order valence-corrected chi connectivity index (χ0v) is 9.12. The van der Waals surface area contributed by atoms with Gasteiger partial charge < -0.3 is 0 Å². The van der Waals surface area contributed by atoms with Gasteiger partial charge in [0, 0.05) is 11.4 Å². The molecular weight excluding hydrogens is 201 g/mol. The van der Waals surface area contributed by atoms with E-state index >= 15 is 0 Å². The summed E-state index contributed by atoms with van der Waals surface area (Å²) in [6, 6.07) is 15.6. The Kier molecular flexibility index (Phi) is 4.12. The molecule has 0 heterocycles. The second-order valence-corrected chi connectivity index (χ2v) is 3.33. The summed E-state index contributed by atoms with van der Waals surface area (Å²) in [6.07, 6.45) is 0. The molecule has 0 aliphatic heterocycles. The molecule has 0 saturated heterocycles. The van der Waals surface area contributed by atoms with E-state index in [0.29, 0.717) is 0 Å². The van der Waals surface area contributed by atoms with E-state index in [1.807, 2.05) is 48.5 Å². The number of rotatable bonds is 1. The van der Waals surface area contributed by atoms with Gasteiger partial charge in [-0.05, 0) is 0 Å². The minimum atomic E-state index is 0. The van der Waals surface area contributed by atoms with Crippen LogP contribution in [0.15, 0.2) is 42.5 Å². The topological polar surface area (TPSA) is 23.8 Å². The van der Waals surface area contributed by atoms with E-state index in [2.05, 4.69) is 0 Å². The Morgan fingerprint density at radius 1 is 1.07 bits per heavy atom. The van der Waals surface area contributed by atoms with Crippen LogP contribution < -0.4 is 18.9 Å². The van der Waals surface area contributed by atoms with Crippen molar-refractivity contribution < 1.29 is 18.9 Å². The van der Waals surface area contributed by atoms with Gasteiger partial charge in [0.25, 0.3) is 0 Å². The maximum absolute atomic E-state index is 8.73. The van der Waals surface area contributed by atoms with Crippen LogP contribution in [0.2, 0.25) is 0 Å². The molecule has 68 valence electrons. The Morgan fingerprint density at radius 3 is 2.47 bits per heavy atom. The fourth-order valence-electron chi connectivity index (χ4n) is 1.48. The van der Waals surface area contributed by atoms with Crippen molar-refractivity contribution in [3.63, 3.8) is 0 Å². The van der Waals surface area contributed by atoms with E-state index in [4.69, 9.17) is 16.9 Å². The summed E-state index contributed by atoms with van der Waals surface area (Å²) in [5.41, 5.74) is 0.798. The van der Waals surface area contributed by atoms with E-state index in [1.54, 1.807) is 0 Å². The van der Waals surface area contributed by atoms with Gasteiger partial charge in [0.1, 0.15) is 0 Å². The normalized spacial score (nSPS) is 9.07. The third-order valence-corrected chi connectivity index (χ3v) is 2.41. The van der Waals surface area contributed by atoms with E-state index in [9.17, 15) is 0 Å². The number of hydrogen-bond acceptors (Lipinski definition) is 1. The van der Waals surface area contributed by atoms with Crippen LogP contribution in [0.5, 0.6) is 0 Å². The maximum Gasteiger partial charge on any atom is 1.00 e. The maximum atomic E-state index is 8.73. The van der Waals surface area contributed by atoms with Gasteiger partial charge in [0.05, 0.1) is 0 Å². The molecule has 0 atom stereocenters. The summed E-state index contributed by atoms with van der Waals surface area (Å²) < 4.78 is 0. The number of hydrogen-bond donors (Lipinski definition) is 0. The van der Waals surface area contributed by atoms with Crippen LogP contribution in [-0.4, -0.2) is 0 Å². The van der Waals surface area contributed by atoms with E-state index in [-0.39, 0.29) is 24.2 Å². The summed E-state index contributed by atoms with van der Waals surface area (Å²) in [5.74, 6) is 0. The molecule has 0 fully saturated rings. The van der Waals surface area contributed by atoms with Crippen LogP contribution in [0.4, 0.5) is 0 Å². The van der Waals surface area contributed by atoms with Crippen molar-refractivity contribution in [3.8, 4) is 6.07 Å². The predicted octanol–water partition coefficient (Wildman–Crippen LogP) is 0.486. The van der Waals surface area contributed by atoms with Gasteiger partial charge in [0.2, 0.25) is 0 Å². The molecule has 0 unspecified atom stereocenters. The molecule has 2 aromatic carbocycles. The molecule has 3 heteroatoms. The molecule has 0 bridgehead atoms. The SMILES string of the molecule is N#C[C-](Cl)c1cccc2ccccc12.[Li+]. The predicted molar refractivity (Wildman–Crippen MR) is 57.8 cm³/mol. The summed E-state index contributed by atoms with van der Waals surface area (Å²) in [5, 5.41) is 11.1. The van der Waals surface area contributed by atoms with Crippen LogP contribution in [0.25, 0.3) is 10.8 Å². The number of nitriles is 1. The fraction of sp³-hybridized carbons (Fsp3) is 0. The molecule has 0 aromatic heterocycles. The minimum absolute atomic E-state index is 0. The molecule has 0 N–H and O–H groups in total. The zero-order chi connectivity index (χ0) is 9.97. The number of benzene rings is 2. The van der Waals surface area contributed by atoms with E-state index in [0.717, 1.165) is 16.3 Å². The van der Waals surface area contributed by atoms with Crippen LogP contribution >= 0.6 is 11.6 Å². The average molecular weight is 208 g/mol. The molecule has 2 aromatic rings. The first-order valence-electron chi connectivity index (χ1n) is 4.23. The van der Waals surface area contributed by atoms with Gasteiger partial charge in [-0.2, -0.15) is 23.2 Å². The smallest absolute Gasteiger partial charge is 0.207 e. The molecular formula is C12H7ClLiN. The number of fused-ring (bicyclic) bond motifs is 1. The second kappa shape index (κ2) is 5.15. The van der Waals surface area contributed by atoms with Gasteiger partial charge in [0.15, 0.2) is 0 Å². The summed E-state index contributed by atoms with van der Waals surface area (Å²) in [7, 11) is 0. The average Bonchev–Trinajstić information content (AvgIpc) is 2.27. The van der Waals surface area contributed by atoms with Gasteiger partial charge in [-0.25, -0.2) is 5.26 Å². The Labute approximate surface area is 106 Å². The van der Waals surface area contributed by atoms with Gasteiger partial charge in [-0.15, -0.1) is 17.5 Å². The van der Waals surface area contributed by atoms with Gasteiger partial charge in [-0.3, -0.25) is 0 Å². The molecule has 0 radical (unpaired) electrons. The van der Waals surface area contributed by atoms with Crippen LogP contribution in [0.1, 0.15) is 5.56 Å². The van der Waals surface area contributed by atoms with Crippen molar-refractivity contribution in [1.29, 1.82) is 5.26 Å². The van der Waals surface area contributed by atoms with Crippen molar-refractivity contribution in [1.82, 2.24) is 0 Å². The Bertz CT molecular complexity index is 499. The standard InChI is InChI=1S/C12H7ClN.Li/c13-12(8-14)11-7-3-5-9-4-1-2-6-10(9)11;/h1-7H;/q-1;+1. The third kappa shape index (κ3) is 2.30. The van der Waals surface area contributed by atoms with Crippen molar-refractivity contribution in [2.24, 2.45) is 0 Å². The van der Waals surface area contributed by atoms with Crippen molar-refractivity contribution >= 4 is 22.4 Å². The van der Waals surface area contributed by atoms with Crippen molar-refractivity contribution in [2.75, 3.05) is 0 Å². The first-order chi connectivity index (χ1) is 6.83. The molecule has 0 saturated carbocycles. The molecule has 1 nitrogen and oxygen atoms in total. The fourth-order valence-corrected chi connectivity index (χ4v) is 1.64. The Morgan fingerprint density at radius 2 is 1.73 bits per heavy atom. The molecule has 0 amide bonds. The molecule has 15 heavy (non-hydrogen) atoms. The summed E-state index contributed by atoms with van der Waals surface area (Å²) in [4.78, 5) is 0. The van der Waals surface area contributed by atoms with Crippen molar-refractivity contribution in [3.05, 3.63) is 53.4 Å². The molecule has 0 aliphatic carbocycles. The minimum Gasteiger partial charge on any atom is -0.207 e. The van der Waals surface area contributed by atoms with Gasteiger partial charge in [-0.1, -0.05) is 29.7 Å². The zero-order valence-electron chi connectivity index (χ0n) is 8.37. The largest absolute Gasteiger partial charge is 1.00 e. The first kappa shape index (κ1) is 12.0. The molecule has 0 aliphatic rings. The number of nitrogens with zero attached hydrogens (tertiary/aromatic N) is 1. The van der Waals surface area contributed by atoms with Crippen LogP contribution in [0.3, 0.4) is 0 Å². The molecule has 0 spiro atoms. The van der Waals surface area contributed by atoms with Crippen LogP contribution in [0, 0.1) is 16.7 Å². The summed E-state index contributed by atoms with van der Waals surface area (Å²) >= 11 is 5.83. The second-order valence-electron chi connectivity index (χ2n) is 2.95. The first-order valence-corrected chi connectivity index (χ1v) is 4.61. The monoisotopic (exact) mass is 207 g/mol. The van der Waals surface area contributed by atoms with E-state index < -0.39 is 0 Å². The summed E-state index contributed by atoms with van der Waals surface area (Å²) in [6.45, 7) is 0. The van der Waals surface area contributed by atoms with Gasteiger partial charge >= 0.3 is 18.9 Å². The van der Waals surface area contributed by atoms with Crippen molar-refractivity contribution in [2.45, 2.75) is 0 Å². The van der Waals surface area contributed by atoms with Crippen LogP contribution in [-0.2, 0) is 0 Å². The number of halogens is 1. The molecule has 2 rings (SSSR count). The third-order valence-electron chi connectivity index (χ3n) is 2.12.